The maximum absolute atomic E-state index is 13.3. The Labute approximate surface area is 166 Å². The third-order valence-electron chi connectivity index (χ3n) is 5.00. The molecule has 154 valence electrons. The topological polar surface area (TPSA) is 56.0 Å². The highest BCUT2D eigenvalue weighted by atomic mass is 35.5. The van der Waals surface area contributed by atoms with Gasteiger partial charge in [0.1, 0.15) is 6.04 Å². The predicted molar refractivity (Wildman–Crippen MR) is 98.0 cm³/mol. The van der Waals surface area contributed by atoms with Crippen molar-refractivity contribution in [2.45, 2.75) is 64.8 Å². The van der Waals surface area contributed by atoms with E-state index in [1.54, 1.807) is 18.7 Å². The number of amides is 1. The van der Waals surface area contributed by atoms with Crippen LogP contribution in [0.3, 0.4) is 0 Å². The second kappa shape index (κ2) is 7.42. The Bertz CT molecular complexity index is 885. The first-order valence-electron chi connectivity index (χ1n) is 9.17. The summed E-state index contributed by atoms with van der Waals surface area (Å²) >= 11 is 6.01. The van der Waals surface area contributed by atoms with Crippen LogP contribution in [0.2, 0.25) is 5.02 Å². The van der Waals surface area contributed by atoms with Crippen molar-refractivity contribution < 1.29 is 18.0 Å². The molecule has 1 unspecified atom stereocenters. The number of rotatable bonds is 6. The molecule has 0 saturated heterocycles. The second-order valence-electron chi connectivity index (χ2n) is 7.23. The zero-order chi connectivity index (χ0) is 20.8. The molecule has 2 heterocycles. The highest BCUT2D eigenvalue weighted by Gasteiger charge is 2.43. The summed E-state index contributed by atoms with van der Waals surface area (Å²) in [5.41, 5.74) is 0.882. The summed E-state index contributed by atoms with van der Waals surface area (Å²) in [6, 6.07) is -0.893. The van der Waals surface area contributed by atoms with Gasteiger partial charge in [-0.15, -0.1) is 0 Å². The molecular weight excluding hydrogens is 395 g/mol. The van der Waals surface area contributed by atoms with Crippen molar-refractivity contribution in [2.75, 3.05) is 7.05 Å². The van der Waals surface area contributed by atoms with Crippen LogP contribution in [0.15, 0.2) is 6.20 Å². The quantitative estimate of drug-likeness (QED) is 0.708. The van der Waals surface area contributed by atoms with Crippen LogP contribution in [0.4, 0.5) is 13.2 Å². The molecule has 2 aromatic rings. The Morgan fingerprint density at radius 1 is 1.39 bits per heavy atom. The molecular formula is C18H23ClF3N5O. The standard InChI is InChI=1S/C18H23ClF3N5O/c1-5-26-9-13(10(2)23-26)8-25(4)17(28)11(3)27-15(12-6-7-12)14(19)16(24-27)18(20,21)22/h9,11-12H,5-8H2,1-4H3. The first-order valence-corrected chi connectivity index (χ1v) is 9.55. The van der Waals surface area contributed by atoms with E-state index in [-0.39, 0.29) is 11.8 Å². The van der Waals surface area contributed by atoms with Crippen molar-refractivity contribution in [1.29, 1.82) is 0 Å². The van der Waals surface area contributed by atoms with Crippen LogP contribution in [-0.4, -0.2) is 37.4 Å². The van der Waals surface area contributed by atoms with E-state index in [0.29, 0.717) is 18.8 Å². The second-order valence-corrected chi connectivity index (χ2v) is 7.61. The number of halogens is 4. The minimum Gasteiger partial charge on any atom is -0.339 e. The van der Waals surface area contributed by atoms with Crippen molar-refractivity contribution in [3.05, 3.63) is 33.9 Å². The molecule has 3 rings (SSSR count). The zero-order valence-corrected chi connectivity index (χ0v) is 17.0. The van der Waals surface area contributed by atoms with Crippen molar-refractivity contribution in [3.8, 4) is 0 Å². The Morgan fingerprint density at radius 2 is 2.04 bits per heavy atom. The van der Waals surface area contributed by atoms with E-state index in [4.69, 9.17) is 11.6 Å². The largest absolute Gasteiger partial charge is 0.436 e. The van der Waals surface area contributed by atoms with Gasteiger partial charge in [0.15, 0.2) is 5.69 Å². The highest BCUT2D eigenvalue weighted by molar-refractivity contribution is 6.32. The number of nitrogens with zero attached hydrogens (tertiary/aromatic N) is 5. The van der Waals surface area contributed by atoms with Crippen LogP contribution in [0.1, 0.15) is 61.3 Å². The lowest BCUT2D eigenvalue weighted by molar-refractivity contribution is -0.142. The SMILES string of the molecule is CCn1cc(CN(C)C(=O)C(C)n2nc(C(F)(F)F)c(Cl)c2C2CC2)c(C)n1. The first kappa shape index (κ1) is 20.7. The number of carbonyl (C=O) groups excluding carboxylic acids is 1. The summed E-state index contributed by atoms with van der Waals surface area (Å²) < 4.78 is 42.7. The van der Waals surface area contributed by atoms with Gasteiger partial charge in [-0.05, 0) is 33.6 Å². The third-order valence-corrected chi connectivity index (χ3v) is 5.37. The Hall–Kier alpha value is -2.03. The minimum absolute atomic E-state index is 0.0818. The molecule has 0 bridgehead atoms. The van der Waals surface area contributed by atoms with Gasteiger partial charge in [0, 0.05) is 37.8 Å². The van der Waals surface area contributed by atoms with E-state index < -0.39 is 22.9 Å². The molecule has 0 aliphatic heterocycles. The normalized spacial score (nSPS) is 15.7. The van der Waals surface area contributed by atoms with Crippen LogP contribution in [-0.2, 0) is 24.1 Å². The fourth-order valence-electron chi connectivity index (χ4n) is 3.26. The number of hydrogen-bond acceptors (Lipinski definition) is 3. The van der Waals surface area contributed by atoms with Gasteiger partial charge in [0.05, 0.1) is 16.4 Å². The van der Waals surface area contributed by atoms with Crippen molar-refractivity contribution in [3.63, 3.8) is 0 Å². The monoisotopic (exact) mass is 417 g/mol. The molecule has 0 aromatic carbocycles. The summed E-state index contributed by atoms with van der Waals surface area (Å²) in [5, 5.41) is 7.64. The van der Waals surface area contributed by atoms with Crippen molar-refractivity contribution >= 4 is 17.5 Å². The predicted octanol–water partition coefficient (Wildman–Crippen LogP) is 4.18. The fourth-order valence-corrected chi connectivity index (χ4v) is 3.65. The highest BCUT2D eigenvalue weighted by Crippen LogP contribution is 2.47. The Morgan fingerprint density at radius 3 is 2.54 bits per heavy atom. The number of aryl methyl sites for hydroxylation is 2. The number of carbonyl (C=O) groups is 1. The summed E-state index contributed by atoms with van der Waals surface area (Å²) in [7, 11) is 1.62. The van der Waals surface area contributed by atoms with Gasteiger partial charge < -0.3 is 4.90 Å². The molecule has 28 heavy (non-hydrogen) atoms. The van der Waals surface area contributed by atoms with Crippen LogP contribution < -0.4 is 0 Å². The zero-order valence-electron chi connectivity index (χ0n) is 16.2. The van der Waals surface area contributed by atoms with E-state index in [9.17, 15) is 18.0 Å². The molecule has 1 aliphatic carbocycles. The molecule has 1 amide bonds. The van der Waals surface area contributed by atoms with Gasteiger partial charge in [-0.3, -0.25) is 14.2 Å². The van der Waals surface area contributed by atoms with Crippen LogP contribution in [0.5, 0.6) is 0 Å². The van der Waals surface area contributed by atoms with Crippen LogP contribution in [0.25, 0.3) is 0 Å². The molecule has 1 aliphatic rings. The van der Waals surface area contributed by atoms with Gasteiger partial charge >= 0.3 is 6.18 Å². The van der Waals surface area contributed by atoms with Gasteiger partial charge in [0.2, 0.25) is 5.91 Å². The lowest BCUT2D eigenvalue weighted by atomic mass is 10.2. The fraction of sp³-hybridized carbons (Fsp3) is 0.611. The number of aromatic nitrogens is 4. The average molecular weight is 418 g/mol. The van der Waals surface area contributed by atoms with E-state index in [1.165, 1.54) is 4.90 Å². The number of alkyl halides is 3. The summed E-state index contributed by atoms with van der Waals surface area (Å²) in [4.78, 5) is 14.4. The third kappa shape index (κ3) is 3.90. The lowest BCUT2D eigenvalue weighted by Crippen LogP contribution is -2.34. The molecule has 1 atom stereocenters. The molecule has 10 heteroatoms. The van der Waals surface area contributed by atoms with Gasteiger partial charge in [0.25, 0.3) is 0 Å². The van der Waals surface area contributed by atoms with E-state index in [1.807, 2.05) is 20.0 Å². The summed E-state index contributed by atoms with van der Waals surface area (Å²) in [6.07, 6.45) is -1.30. The molecule has 6 nitrogen and oxygen atoms in total. The van der Waals surface area contributed by atoms with Gasteiger partial charge in [-0.25, -0.2) is 0 Å². The van der Waals surface area contributed by atoms with E-state index in [0.717, 1.165) is 28.8 Å². The summed E-state index contributed by atoms with van der Waals surface area (Å²) in [6.45, 7) is 6.40. The van der Waals surface area contributed by atoms with E-state index in [2.05, 4.69) is 10.2 Å². The smallest absolute Gasteiger partial charge is 0.339 e. The molecule has 2 aromatic heterocycles. The van der Waals surface area contributed by atoms with Crippen LogP contribution in [0, 0.1) is 6.92 Å². The van der Waals surface area contributed by atoms with Crippen LogP contribution >= 0.6 is 11.6 Å². The molecule has 1 saturated carbocycles. The Kier molecular flexibility index (Phi) is 5.49. The lowest BCUT2D eigenvalue weighted by Gasteiger charge is -2.23. The number of hydrogen-bond donors (Lipinski definition) is 0. The van der Waals surface area contributed by atoms with E-state index >= 15 is 0 Å². The Balaban J connectivity index is 1.85. The maximum Gasteiger partial charge on any atom is 0.436 e. The molecule has 0 N–H and O–H groups in total. The number of likely N-dealkylation sites (N-methyl/N-ethyl adjacent to an activating group) is 1. The average Bonchev–Trinajstić information content (AvgIpc) is 3.30. The summed E-state index contributed by atoms with van der Waals surface area (Å²) in [5.74, 6) is -0.417. The van der Waals surface area contributed by atoms with Crippen molar-refractivity contribution in [1.82, 2.24) is 24.5 Å². The van der Waals surface area contributed by atoms with Crippen molar-refractivity contribution in [2.24, 2.45) is 0 Å². The first-order chi connectivity index (χ1) is 13.0. The maximum atomic E-state index is 13.3. The minimum atomic E-state index is -4.66. The molecule has 0 spiro atoms. The molecule has 0 radical (unpaired) electrons. The molecule has 1 fully saturated rings. The van der Waals surface area contributed by atoms with Gasteiger partial charge in [-0.2, -0.15) is 23.4 Å². The van der Waals surface area contributed by atoms with Gasteiger partial charge in [-0.1, -0.05) is 11.6 Å².